The maximum absolute atomic E-state index is 12.8. The van der Waals surface area contributed by atoms with Gasteiger partial charge in [-0.05, 0) is 30.3 Å². The highest BCUT2D eigenvalue weighted by molar-refractivity contribution is 5.85. The van der Waals surface area contributed by atoms with Gasteiger partial charge in [-0.1, -0.05) is 6.07 Å². The van der Waals surface area contributed by atoms with Crippen LogP contribution < -0.4 is 5.32 Å². The van der Waals surface area contributed by atoms with Gasteiger partial charge in [0.15, 0.2) is 5.65 Å². The van der Waals surface area contributed by atoms with Gasteiger partial charge in [-0.15, -0.1) is 5.10 Å². The molecule has 3 heterocycles. The van der Waals surface area contributed by atoms with E-state index in [2.05, 4.69) is 20.5 Å². The number of fused-ring (bicyclic) bond motifs is 2. The Bertz CT molecular complexity index is 968. The number of pyridine rings is 1. The highest BCUT2D eigenvalue weighted by Crippen LogP contribution is 2.33. The van der Waals surface area contributed by atoms with Crippen LogP contribution in [0.3, 0.4) is 0 Å². The number of hydrogen-bond donors (Lipinski definition) is 2. The molecule has 0 unspecified atom stereocenters. The molecule has 0 saturated heterocycles. The van der Waals surface area contributed by atoms with Crippen LogP contribution in [0.1, 0.15) is 5.69 Å². The zero-order valence-electron chi connectivity index (χ0n) is 11.5. The molecule has 0 aliphatic rings. The Morgan fingerprint density at radius 1 is 1.13 bits per heavy atom. The molecule has 0 atom stereocenters. The van der Waals surface area contributed by atoms with Gasteiger partial charge in [-0.2, -0.15) is 23.3 Å². The molecule has 2 N–H and O–H groups in total. The fourth-order valence-electron chi connectivity index (χ4n) is 2.32. The molecule has 0 saturated carbocycles. The third-order valence-electron chi connectivity index (χ3n) is 3.34. The average molecular weight is 318 g/mol. The number of rotatable bonds is 2. The molecule has 0 fully saturated rings. The smallest absolute Gasteiger partial charge is 0.323 e. The zero-order valence-corrected chi connectivity index (χ0v) is 11.5. The van der Waals surface area contributed by atoms with Crippen LogP contribution in [0.25, 0.3) is 16.6 Å². The van der Waals surface area contributed by atoms with Gasteiger partial charge in [0, 0.05) is 17.3 Å². The second-order valence-electron chi connectivity index (χ2n) is 4.89. The summed E-state index contributed by atoms with van der Waals surface area (Å²) in [6.07, 6.45) is -2.72. The van der Waals surface area contributed by atoms with Gasteiger partial charge in [-0.3, -0.25) is 5.10 Å². The van der Waals surface area contributed by atoms with E-state index in [-0.39, 0.29) is 10.9 Å². The van der Waals surface area contributed by atoms with Crippen molar-refractivity contribution in [1.29, 1.82) is 0 Å². The maximum Gasteiger partial charge on any atom is 0.433 e. The summed E-state index contributed by atoms with van der Waals surface area (Å²) in [5.74, 6) is 0.349. The lowest BCUT2D eigenvalue weighted by atomic mass is 10.2. The molecule has 3 aromatic heterocycles. The first kappa shape index (κ1) is 13.6. The SMILES string of the molecule is FC(F)(F)c1[nH]nc2cc(Nc3nc4ccccn4n3)ccc12. The Morgan fingerprint density at radius 3 is 2.78 bits per heavy atom. The largest absolute Gasteiger partial charge is 0.433 e. The van der Waals surface area contributed by atoms with Crippen molar-refractivity contribution in [1.82, 2.24) is 24.8 Å². The van der Waals surface area contributed by atoms with Gasteiger partial charge in [0.1, 0.15) is 5.69 Å². The van der Waals surface area contributed by atoms with E-state index >= 15 is 0 Å². The van der Waals surface area contributed by atoms with Crippen LogP contribution in [0.4, 0.5) is 24.8 Å². The number of anilines is 2. The van der Waals surface area contributed by atoms with Crippen molar-refractivity contribution < 1.29 is 13.2 Å². The fourth-order valence-corrected chi connectivity index (χ4v) is 2.32. The van der Waals surface area contributed by atoms with E-state index in [1.165, 1.54) is 18.2 Å². The maximum atomic E-state index is 12.8. The average Bonchev–Trinajstić information content (AvgIpc) is 3.09. The number of H-pyrrole nitrogens is 1. The molecular formula is C14H9F3N6. The van der Waals surface area contributed by atoms with Gasteiger partial charge in [0.05, 0.1) is 5.52 Å². The molecule has 0 spiro atoms. The number of benzene rings is 1. The summed E-state index contributed by atoms with van der Waals surface area (Å²) in [6, 6.07) is 9.85. The minimum atomic E-state index is -4.47. The van der Waals surface area contributed by atoms with Gasteiger partial charge >= 0.3 is 6.18 Å². The van der Waals surface area contributed by atoms with E-state index < -0.39 is 11.9 Å². The quantitative estimate of drug-likeness (QED) is 0.594. The van der Waals surface area contributed by atoms with Gasteiger partial charge < -0.3 is 5.32 Å². The molecule has 0 bridgehead atoms. The van der Waals surface area contributed by atoms with Crippen molar-refractivity contribution >= 4 is 28.2 Å². The number of nitrogens with one attached hydrogen (secondary N) is 2. The number of nitrogens with zero attached hydrogens (tertiary/aromatic N) is 4. The molecule has 9 heteroatoms. The highest BCUT2D eigenvalue weighted by atomic mass is 19.4. The Labute approximate surface area is 127 Å². The summed E-state index contributed by atoms with van der Waals surface area (Å²) in [5, 5.41) is 12.9. The third-order valence-corrected chi connectivity index (χ3v) is 3.34. The standard InChI is InChI=1S/C14H9F3N6/c15-14(16,17)12-9-5-4-8(7-10(9)20-21-12)18-13-19-11-3-1-2-6-23(11)22-13/h1-7H,(H,18,22)(H,20,21). The summed E-state index contributed by atoms with van der Waals surface area (Å²) in [5.41, 5.74) is 0.569. The molecular weight excluding hydrogens is 309 g/mol. The first-order valence-corrected chi connectivity index (χ1v) is 6.64. The molecule has 4 rings (SSSR count). The van der Waals surface area contributed by atoms with Crippen molar-refractivity contribution in [3.05, 3.63) is 48.3 Å². The number of hydrogen-bond acceptors (Lipinski definition) is 4. The first-order valence-electron chi connectivity index (χ1n) is 6.64. The van der Waals surface area contributed by atoms with Crippen LogP contribution in [-0.2, 0) is 6.18 Å². The summed E-state index contributed by atoms with van der Waals surface area (Å²) in [6.45, 7) is 0. The predicted octanol–water partition coefficient (Wildman–Crippen LogP) is 3.37. The van der Waals surface area contributed by atoms with Crippen LogP contribution in [0.2, 0.25) is 0 Å². The van der Waals surface area contributed by atoms with Crippen LogP contribution in [0.15, 0.2) is 42.6 Å². The Hall–Kier alpha value is -3.10. The highest BCUT2D eigenvalue weighted by Gasteiger charge is 2.34. The number of aromatic amines is 1. The summed E-state index contributed by atoms with van der Waals surface area (Å²) < 4.78 is 40.0. The van der Waals surface area contributed by atoms with Crippen LogP contribution in [0.5, 0.6) is 0 Å². The minimum absolute atomic E-state index is 0.0195. The van der Waals surface area contributed by atoms with Crippen molar-refractivity contribution in [2.24, 2.45) is 0 Å². The number of alkyl halides is 3. The lowest BCUT2D eigenvalue weighted by Crippen LogP contribution is -2.05. The van der Waals surface area contributed by atoms with Gasteiger partial charge in [0.25, 0.3) is 0 Å². The van der Waals surface area contributed by atoms with Crippen molar-refractivity contribution in [3.63, 3.8) is 0 Å². The lowest BCUT2D eigenvalue weighted by Gasteiger charge is -2.04. The monoisotopic (exact) mass is 318 g/mol. The predicted molar refractivity (Wildman–Crippen MR) is 77.4 cm³/mol. The number of halogens is 3. The van der Waals surface area contributed by atoms with Crippen molar-refractivity contribution in [2.45, 2.75) is 6.18 Å². The first-order chi connectivity index (χ1) is 11.0. The summed E-state index contributed by atoms with van der Waals surface area (Å²) in [4.78, 5) is 4.27. The third kappa shape index (κ3) is 2.35. The summed E-state index contributed by atoms with van der Waals surface area (Å²) >= 11 is 0. The van der Waals surface area contributed by atoms with E-state index in [0.717, 1.165) is 0 Å². The molecule has 116 valence electrons. The van der Waals surface area contributed by atoms with E-state index in [1.54, 1.807) is 16.8 Å². The minimum Gasteiger partial charge on any atom is -0.323 e. The Balaban J connectivity index is 1.69. The van der Waals surface area contributed by atoms with Crippen molar-refractivity contribution in [2.75, 3.05) is 5.32 Å². The lowest BCUT2D eigenvalue weighted by molar-refractivity contribution is -0.139. The second-order valence-corrected chi connectivity index (χ2v) is 4.89. The van der Waals surface area contributed by atoms with Crippen LogP contribution >= 0.6 is 0 Å². The second kappa shape index (κ2) is 4.70. The fraction of sp³-hybridized carbons (Fsp3) is 0.0714. The summed E-state index contributed by atoms with van der Waals surface area (Å²) in [7, 11) is 0. The zero-order chi connectivity index (χ0) is 16.0. The molecule has 0 amide bonds. The van der Waals surface area contributed by atoms with Crippen LogP contribution in [-0.4, -0.2) is 24.8 Å². The Kier molecular flexibility index (Phi) is 2.77. The van der Waals surface area contributed by atoms with Crippen molar-refractivity contribution in [3.8, 4) is 0 Å². The molecule has 0 aliphatic heterocycles. The molecule has 0 radical (unpaired) electrons. The number of aromatic nitrogens is 5. The normalized spacial score (nSPS) is 12.1. The Morgan fingerprint density at radius 2 is 2.00 bits per heavy atom. The van der Waals surface area contributed by atoms with E-state index in [9.17, 15) is 13.2 Å². The van der Waals surface area contributed by atoms with E-state index in [4.69, 9.17) is 0 Å². The molecule has 4 aromatic rings. The molecule has 0 aliphatic carbocycles. The van der Waals surface area contributed by atoms with Gasteiger partial charge in [-0.25, -0.2) is 4.52 Å². The molecule has 23 heavy (non-hydrogen) atoms. The molecule has 6 nitrogen and oxygen atoms in total. The van der Waals surface area contributed by atoms with Crippen LogP contribution in [0, 0.1) is 0 Å². The van der Waals surface area contributed by atoms with Gasteiger partial charge in [0.2, 0.25) is 5.95 Å². The van der Waals surface area contributed by atoms with E-state index in [0.29, 0.717) is 17.3 Å². The molecule has 1 aromatic carbocycles. The topological polar surface area (TPSA) is 70.9 Å². The van der Waals surface area contributed by atoms with E-state index in [1.807, 2.05) is 17.2 Å².